The molecule has 0 aromatic heterocycles. The highest BCUT2D eigenvalue weighted by atomic mass is 79.9. The van der Waals surface area contributed by atoms with E-state index in [9.17, 15) is 13.6 Å². The molecule has 1 aromatic carbocycles. The van der Waals surface area contributed by atoms with Crippen molar-refractivity contribution in [2.45, 2.75) is 6.43 Å². The number of nitrogens with zero attached hydrogens (tertiary/aromatic N) is 1. The number of aromatic carboxylic acids is 1. The molecule has 0 bridgehead atoms. The van der Waals surface area contributed by atoms with Crippen LogP contribution in [0.4, 0.5) is 8.78 Å². The predicted molar refractivity (Wildman–Crippen MR) is 50.8 cm³/mol. The first-order chi connectivity index (χ1) is 6.99. The van der Waals surface area contributed by atoms with Gasteiger partial charge in [-0.2, -0.15) is 5.26 Å². The molecule has 78 valence electrons. The molecule has 0 saturated heterocycles. The number of carboxylic acids is 1. The van der Waals surface area contributed by atoms with E-state index >= 15 is 0 Å². The van der Waals surface area contributed by atoms with Gasteiger partial charge in [0.25, 0.3) is 6.43 Å². The predicted octanol–water partition coefficient (Wildman–Crippen LogP) is 2.96. The molecule has 0 amide bonds. The van der Waals surface area contributed by atoms with Crippen molar-refractivity contribution in [1.29, 1.82) is 5.26 Å². The van der Waals surface area contributed by atoms with E-state index in [1.807, 2.05) is 0 Å². The Balaban J connectivity index is 3.48. The first-order valence-corrected chi connectivity index (χ1v) is 4.52. The van der Waals surface area contributed by atoms with E-state index in [4.69, 9.17) is 10.4 Å². The third kappa shape index (κ3) is 2.13. The maximum absolute atomic E-state index is 12.4. The molecule has 0 fully saturated rings. The fourth-order valence-electron chi connectivity index (χ4n) is 1.05. The Bertz CT molecular complexity index is 454. The Morgan fingerprint density at radius 2 is 2.13 bits per heavy atom. The van der Waals surface area contributed by atoms with E-state index in [1.54, 1.807) is 6.07 Å². The van der Waals surface area contributed by atoms with Gasteiger partial charge in [0.15, 0.2) is 0 Å². The van der Waals surface area contributed by atoms with Crippen molar-refractivity contribution in [2.24, 2.45) is 0 Å². The van der Waals surface area contributed by atoms with Crippen LogP contribution >= 0.6 is 15.9 Å². The summed E-state index contributed by atoms with van der Waals surface area (Å²) in [5, 5.41) is 17.4. The molecule has 0 aliphatic heterocycles. The smallest absolute Gasteiger partial charge is 0.337 e. The molecule has 3 nitrogen and oxygen atoms in total. The number of rotatable bonds is 2. The maximum atomic E-state index is 12.4. The molecular formula is C9H4BrF2NO2. The van der Waals surface area contributed by atoms with Gasteiger partial charge in [0, 0.05) is 10.0 Å². The lowest BCUT2D eigenvalue weighted by atomic mass is 10.1. The maximum Gasteiger partial charge on any atom is 0.337 e. The highest BCUT2D eigenvalue weighted by Gasteiger charge is 2.20. The molecule has 0 aliphatic rings. The summed E-state index contributed by atoms with van der Waals surface area (Å²) in [4.78, 5) is 10.7. The van der Waals surface area contributed by atoms with Gasteiger partial charge in [0.05, 0.1) is 11.1 Å². The van der Waals surface area contributed by atoms with Gasteiger partial charge in [-0.05, 0) is 22.0 Å². The summed E-state index contributed by atoms with van der Waals surface area (Å²) in [6, 6.07) is 3.56. The normalized spacial score (nSPS) is 10.1. The van der Waals surface area contributed by atoms with Crippen LogP contribution in [0.3, 0.4) is 0 Å². The number of carbonyl (C=O) groups is 1. The summed E-state index contributed by atoms with van der Waals surface area (Å²) in [7, 11) is 0. The average Bonchev–Trinajstić information content (AvgIpc) is 2.16. The average molecular weight is 276 g/mol. The molecule has 1 N–H and O–H groups in total. The van der Waals surface area contributed by atoms with Gasteiger partial charge in [-0.3, -0.25) is 0 Å². The van der Waals surface area contributed by atoms with Gasteiger partial charge in [0.2, 0.25) is 0 Å². The number of carboxylic acid groups (broad SMARTS) is 1. The summed E-state index contributed by atoms with van der Waals surface area (Å²) in [6.45, 7) is 0. The second-order valence-electron chi connectivity index (χ2n) is 2.61. The van der Waals surface area contributed by atoms with Gasteiger partial charge < -0.3 is 5.11 Å². The van der Waals surface area contributed by atoms with Crippen LogP contribution in [0.2, 0.25) is 0 Å². The first kappa shape index (κ1) is 11.6. The summed E-state index contributed by atoms with van der Waals surface area (Å²) in [5.74, 6) is -1.33. The Hall–Kier alpha value is -1.48. The largest absolute Gasteiger partial charge is 0.478 e. The molecule has 0 spiro atoms. The molecule has 0 aliphatic carbocycles. The van der Waals surface area contributed by atoms with Crippen LogP contribution in [-0.4, -0.2) is 11.1 Å². The van der Waals surface area contributed by atoms with Gasteiger partial charge in [-0.25, -0.2) is 13.6 Å². The molecule has 0 radical (unpaired) electrons. The molecular weight excluding hydrogens is 272 g/mol. The topological polar surface area (TPSA) is 61.1 Å². The standard InChI is InChI=1S/C9H4BrF2NO2/c10-7-5(8(11)12)2-1-4(9(14)15)6(7)3-13/h1-2,8H,(H,14,15). The van der Waals surface area contributed by atoms with Crippen molar-refractivity contribution < 1.29 is 18.7 Å². The number of hydrogen-bond acceptors (Lipinski definition) is 2. The van der Waals surface area contributed by atoms with Gasteiger partial charge in [0.1, 0.15) is 6.07 Å². The second-order valence-corrected chi connectivity index (χ2v) is 3.40. The van der Waals surface area contributed by atoms with Gasteiger partial charge >= 0.3 is 5.97 Å². The van der Waals surface area contributed by atoms with Crippen molar-refractivity contribution in [2.75, 3.05) is 0 Å². The lowest BCUT2D eigenvalue weighted by Crippen LogP contribution is -2.02. The Morgan fingerprint density at radius 3 is 2.53 bits per heavy atom. The van der Waals surface area contributed by atoms with Gasteiger partial charge in [-0.1, -0.05) is 6.07 Å². The van der Waals surface area contributed by atoms with E-state index in [1.165, 1.54) is 0 Å². The van der Waals surface area contributed by atoms with E-state index in [2.05, 4.69) is 15.9 Å². The molecule has 0 heterocycles. The third-order valence-electron chi connectivity index (χ3n) is 1.75. The fraction of sp³-hybridized carbons (Fsp3) is 0.111. The van der Waals surface area contributed by atoms with Crippen LogP contribution in [0.1, 0.15) is 27.9 Å². The number of hydrogen-bond donors (Lipinski definition) is 1. The molecule has 0 unspecified atom stereocenters. The lowest BCUT2D eigenvalue weighted by Gasteiger charge is -2.06. The number of alkyl halides is 2. The first-order valence-electron chi connectivity index (χ1n) is 3.73. The lowest BCUT2D eigenvalue weighted by molar-refractivity contribution is 0.0696. The third-order valence-corrected chi connectivity index (χ3v) is 2.60. The number of nitriles is 1. The van der Waals surface area contributed by atoms with E-state index < -0.39 is 18.0 Å². The minimum absolute atomic E-state index is 0.167. The molecule has 1 rings (SSSR count). The fourth-order valence-corrected chi connectivity index (χ4v) is 1.66. The van der Waals surface area contributed by atoms with Crippen LogP contribution in [-0.2, 0) is 0 Å². The van der Waals surface area contributed by atoms with E-state index in [0.29, 0.717) is 0 Å². The van der Waals surface area contributed by atoms with E-state index in [-0.39, 0.29) is 15.6 Å². The van der Waals surface area contributed by atoms with E-state index in [0.717, 1.165) is 12.1 Å². The summed E-state index contributed by atoms with van der Waals surface area (Å²) >= 11 is 2.80. The SMILES string of the molecule is N#Cc1c(C(=O)O)ccc(C(F)F)c1Br. The molecule has 0 atom stereocenters. The van der Waals surface area contributed by atoms with Gasteiger partial charge in [-0.15, -0.1) is 0 Å². The zero-order valence-corrected chi connectivity index (χ0v) is 8.75. The van der Waals surface area contributed by atoms with Crippen LogP contribution in [0.25, 0.3) is 0 Å². The summed E-state index contributed by atoms with van der Waals surface area (Å²) < 4.78 is 24.6. The number of benzene rings is 1. The van der Waals surface area contributed by atoms with Crippen LogP contribution in [0.5, 0.6) is 0 Å². The Labute approximate surface area is 92.1 Å². The highest BCUT2D eigenvalue weighted by Crippen LogP contribution is 2.31. The molecule has 0 saturated carbocycles. The molecule has 15 heavy (non-hydrogen) atoms. The zero-order chi connectivity index (χ0) is 11.6. The zero-order valence-electron chi connectivity index (χ0n) is 7.17. The molecule has 1 aromatic rings. The summed E-state index contributed by atoms with van der Waals surface area (Å²) in [6.07, 6.45) is -2.76. The molecule has 6 heteroatoms. The van der Waals surface area contributed by atoms with Crippen molar-refractivity contribution in [3.63, 3.8) is 0 Å². The van der Waals surface area contributed by atoms with Crippen molar-refractivity contribution >= 4 is 21.9 Å². The van der Waals surface area contributed by atoms with Crippen LogP contribution < -0.4 is 0 Å². The van der Waals surface area contributed by atoms with Crippen LogP contribution in [0.15, 0.2) is 16.6 Å². The Kier molecular flexibility index (Phi) is 3.37. The number of halogens is 3. The quantitative estimate of drug-likeness (QED) is 0.903. The minimum atomic E-state index is -2.76. The van der Waals surface area contributed by atoms with Crippen molar-refractivity contribution in [1.82, 2.24) is 0 Å². The second kappa shape index (κ2) is 4.36. The van der Waals surface area contributed by atoms with Crippen LogP contribution in [0, 0.1) is 11.3 Å². The van der Waals surface area contributed by atoms with Crippen molar-refractivity contribution in [3.8, 4) is 6.07 Å². The van der Waals surface area contributed by atoms with Crippen molar-refractivity contribution in [3.05, 3.63) is 33.3 Å². The highest BCUT2D eigenvalue weighted by molar-refractivity contribution is 9.10. The monoisotopic (exact) mass is 275 g/mol. The summed E-state index contributed by atoms with van der Waals surface area (Å²) in [5.41, 5.74) is -0.981. The minimum Gasteiger partial charge on any atom is -0.478 e. The Morgan fingerprint density at radius 1 is 1.53 bits per heavy atom.